The van der Waals surface area contributed by atoms with Gasteiger partial charge in [-0.05, 0) is 52.4 Å². The fourth-order valence-electron chi connectivity index (χ4n) is 3.81. The van der Waals surface area contributed by atoms with E-state index in [1.807, 2.05) is 20.8 Å². The van der Waals surface area contributed by atoms with Crippen molar-refractivity contribution in [3.63, 3.8) is 0 Å². The zero-order chi connectivity index (χ0) is 15.9. The van der Waals surface area contributed by atoms with Crippen LogP contribution in [-0.4, -0.2) is 40.6 Å². The molecule has 1 heterocycles. The van der Waals surface area contributed by atoms with Crippen LogP contribution >= 0.6 is 0 Å². The van der Waals surface area contributed by atoms with Gasteiger partial charge in [-0.3, -0.25) is 9.69 Å². The highest BCUT2D eigenvalue weighted by Gasteiger charge is 2.57. The van der Waals surface area contributed by atoms with Crippen molar-refractivity contribution in [1.29, 1.82) is 0 Å². The van der Waals surface area contributed by atoms with Crippen molar-refractivity contribution in [3.8, 4) is 0 Å². The summed E-state index contributed by atoms with van der Waals surface area (Å²) in [7, 11) is 0. The van der Waals surface area contributed by atoms with E-state index in [4.69, 9.17) is 4.74 Å². The van der Waals surface area contributed by atoms with Gasteiger partial charge in [0.15, 0.2) is 0 Å². The van der Waals surface area contributed by atoms with Crippen LogP contribution in [0.15, 0.2) is 0 Å². The maximum absolute atomic E-state index is 12.6. The van der Waals surface area contributed by atoms with Crippen molar-refractivity contribution in [2.75, 3.05) is 0 Å². The van der Waals surface area contributed by atoms with Crippen LogP contribution < -0.4 is 5.32 Å². The van der Waals surface area contributed by atoms with E-state index in [0.29, 0.717) is 12.0 Å². The number of nitrogens with one attached hydrogen (secondary N) is 1. The topological polar surface area (TPSA) is 58.6 Å². The van der Waals surface area contributed by atoms with Crippen LogP contribution in [0.5, 0.6) is 0 Å². The highest BCUT2D eigenvalue weighted by molar-refractivity contribution is 5.87. The Balaban J connectivity index is 1.61. The van der Waals surface area contributed by atoms with Crippen molar-refractivity contribution < 1.29 is 14.3 Å². The first-order chi connectivity index (χ1) is 10.3. The molecule has 0 bridgehead atoms. The smallest absolute Gasteiger partial charge is 0.411 e. The molecule has 2 aliphatic carbocycles. The number of piperidine rings is 1. The van der Waals surface area contributed by atoms with Crippen LogP contribution in [0.2, 0.25) is 0 Å². The molecule has 0 unspecified atom stereocenters. The van der Waals surface area contributed by atoms with E-state index >= 15 is 0 Å². The van der Waals surface area contributed by atoms with Crippen molar-refractivity contribution in [2.45, 2.75) is 89.4 Å². The molecule has 1 N–H and O–H groups in total. The molecule has 0 radical (unpaired) electrons. The Hall–Kier alpha value is -1.26. The van der Waals surface area contributed by atoms with Crippen molar-refractivity contribution in [1.82, 2.24) is 10.2 Å². The fourth-order valence-corrected chi connectivity index (χ4v) is 3.81. The predicted molar refractivity (Wildman–Crippen MR) is 83.4 cm³/mol. The van der Waals surface area contributed by atoms with Gasteiger partial charge in [0, 0.05) is 12.1 Å². The lowest BCUT2D eigenvalue weighted by molar-refractivity contribution is -0.127. The average molecular weight is 308 g/mol. The molecule has 5 heteroatoms. The lowest BCUT2D eigenvalue weighted by atomic mass is 9.95. The maximum Gasteiger partial charge on any atom is 0.411 e. The summed E-state index contributed by atoms with van der Waals surface area (Å²) in [5, 5.41) is 3.16. The van der Waals surface area contributed by atoms with Crippen LogP contribution in [-0.2, 0) is 9.53 Å². The fraction of sp³-hybridized carbons (Fsp3) is 0.882. The quantitative estimate of drug-likeness (QED) is 0.853. The first kappa shape index (κ1) is 15.6. The molecular formula is C17H28N2O3. The molecule has 0 aromatic rings. The normalized spacial score (nSPS) is 31.6. The third-order valence-electron chi connectivity index (χ3n) is 4.96. The summed E-state index contributed by atoms with van der Waals surface area (Å²) in [6.07, 6.45) is 7.27. The molecule has 0 spiro atoms. The summed E-state index contributed by atoms with van der Waals surface area (Å²) >= 11 is 0. The SMILES string of the molecule is CC(C)(C)OC(=O)N1[C@@H]2C[C@@H]2C[C@H]1C(=O)NC1CCCCC1. The molecule has 3 atom stereocenters. The molecule has 2 saturated carbocycles. The predicted octanol–water partition coefficient (Wildman–Crippen LogP) is 2.83. The van der Waals surface area contributed by atoms with E-state index in [0.717, 1.165) is 25.7 Å². The van der Waals surface area contributed by atoms with E-state index in [2.05, 4.69) is 5.32 Å². The summed E-state index contributed by atoms with van der Waals surface area (Å²) in [5.41, 5.74) is -0.519. The minimum atomic E-state index is -0.519. The number of hydrogen-bond donors (Lipinski definition) is 1. The average Bonchev–Trinajstić information content (AvgIpc) is 3.08. The Morgan fingerprint density at radius 3 is 2.41 bits per heavy atom. The Morgan fingerprint density at radius 2 is 1.77 bits per heavy atom. The van der Waals surface area contributed by atoms with E-state index in [1.165, 1.54) is 19.3 Å². The molecule has 3 aliphatic rings. The first-order valence-electron chi connectivity index (χ1n) is 8.67. The number of nitrogens with zero attached hydrogens (tertiary/aromatic N) is 1. The minimum absolute atomic E-state index is 0.0185. The van der Waals surface area contributed by atoms with Gasteiger partial charge in [0.05, 0.1) is 0 Å². The number of carbonyl (C=O) groups excluding carboxylic acids is 2. The second kappa shape index (κ2) is 5.74. The van der Waals surface area contributed by atoms with E-state index in [1.54, 1.807) is 4.90 Å². The Kier molecular flexibility index (Phi) is 4.08. The Morgan fingerprint density at radius 1 is 1.09 bits per heavy atom. The number of carbonyl (C=O) groups is 2. The standard InChI is InChI=1S/C17H28N2O3/c1-17(2,3)22-16(21)19-13-9-11(13)10-14(19)15(20)18-12-7-5-4-6-8-12/h11-14H,4-10H2,1-3H3,(H,18,20)/t11-,13-,14+/m1/s1. The number of likely N-dealkylation sites (tertiary alicyclic amines) is 1. The summed E-state index contributed by atoms with van der Waals surface area (Å²) in [6.45, 7) is 5.59. The highest BCUT2D eigenvalue weighted by atomic mass is 16.6. The van der Waals surface area contributed by atoms with E-state index in [9.17, 15) is 9.59 Å². The maximum atomic E-state index is 12.6. The molecule has 22 heavy (non-hydrogen) atoms. The Bertz CT molecular complexity index is 451. The second-order valence-electron chi connectivity index (χ2n) is 8.05. The molecular weight excluding hydrogens is 280 g/mol. The summed E-state index contributed by atoms with van der Waals surface area (Å²) in [5.74, 6) is 0.514. The summed E-state index contributed by atoms with van der Waals surface area (Å²) < 4.78 is 5.50. The van der Waals surface area contributed by atoms with Crippen molar-refractivity contribution >= 4 is 12.0 Å². The number of amides is 2. The number of ether oxygens (including phenoxy) is 1. The molecule has 5 nitrogen and oxygen atoms in total. The summed E-state index contributed by atoms with van der Waals surface area (Å²) in [6, 6.07) is 0.177. The van der Waals surface area contributed by atoms with Gasteiger partial charge >= 0.3 is 6.09 Å². The van der Waals surface area contributed by atoms with Gasteiger partial charge in [-0.25, -0.2) is 4.79 Å². The molecule has 0 aromatic heterocycles. The number of fused-ring (bicyclic) bond motifs is 1. The van der Waals surface area contributed by atoms with Crippen molar-refractivity contribution in [2.24, 2.45) is 5.92 Å². The van der Waals surface area contributed by atoms with Crippen LogP contribution in [0.3, 0.4) is 0 Å². The zero-order valence-electron chi connectivity index (χ0n) is 13.9. The van der Waals surface area contributed by atoms with Gasteiger partial charge in [-0.15, -0.1) is 0 Å². The van der Waals surface area contributed by atoms with Gasteiger partial charge in [-0.2, -0.15) is 0 Å². The van der Waals surface area contributed by atoms with Gasteiger partial charge < -0.3 is 10.1 Å². The molecule has 3 fully saturated rings. The zero-order valence-corrected chi connectivity index (χ0v) is 13.9. The van der Waals surface area contributed by atoms with Crippen LogP contribution in [0.25, 0.3) is 0 Å². The van der Waals surface area contributed by atoms with Crippen LogP contribution in [0, 0.1) is 5.92 Å². The monoisotopic (exact) mass is 308 g/mol. The van der Waals surface area contributed by atoms with E-state index in [-0.39, 0.29) is 24.1 Å². The van der Waals surface area contributed by atoms with Gasteiger partial charge in [0.1, 0.15) is 11.6 Å². The van der Waals surface area contributed by atoms with Gasteiger partial charge in [-0.1, -0.05) is 19.3 Å². The molecule has 2 amide bonds. The third-order valence-corrected chi connectivity index (χ3v) is 4.96. The van der Waals surface area contributed by atoms with E-state index < -0.39 is 5.60 Å². The second-order valence-corrected chi connectivity index (χ2v) is 8.05. The lowest BCUT2D eigenvalue weighted by Gasteiger charge is -2.31. The molecule has 1 saturated heterocycles. The van der Waals surface area contributed by atoms with Crippen molar-refractivity contribution in [3.05, 3.63) is 0 Å². The minimum Gasteiger partial charge on any atom is -0.444 e. The number of hydrogen-bond acceptors (Lipinski definition) is 3. The molecule has 1 aliphatic heterocycles. The molecule has 0 aromatic carbocycles. The largest absolute Gasteiger partial charge is 0.444 e. The number of rotatable bonds is 2. The highest BCUT2D eigenvalue weighted by Crippen LogP contribution is 2.48. The molecule has 3 rings (SSSR count). The van der Waals surface area contributed by atoms with Crippen LogP contribution in [0.4, 0.5) is 4.79 Å². The molecule has 124 valence electrons. The Labute approximate surface area is 132 Å². The lowest BCUT2D eigenvalue weighted by Crippen LogP contribution is -2.51. The third kappa shape index (κ3) is 3.39. The van der Waals surface area contributed by atoms with Gasteiger partial charge in [0.2, 0.25) is 5.91 Å². The first-order valence-corrected chi connectivity index (χ1v) is 8.67. The van der Waals surface area contributed by atoms with Crippen LogP contribution in [0.1, 0.15) is 65.7 Å². The van der Waals surface area contributed by atoms with Gasteiger partial charge in [0.25, 0.3) is 0 Å². The summed E-state index contributed by atoms with van der Waals surface area (Å²) in [4.78, 5) is 26.7.